The molecule has 0 amide bonds. The standard InChI is InChI=1S/C36H38BrFN2O3S/c1-7-42-34(41)36(5,6)20-32-33(44-35(2,3)4)29-19-28(15-17-31(29)40(32)21-23-8-11-25(37)12-9-23)43-22-27-14-10-24-18-26(38)13-16-30(24)39-27/h8-19H,7,20-22H2,1-6H3. The molecule has 0 N–H and O–H groups in total. The summed E-state index contributed by atoms with van der Waals surface area (Å²) < 4.78 is 28.7. The average molecular weight is 678 g/mol. The number of hydrogen-bond donors (Lipinski definition) is 0. The van der Waals surface area contributed by atoms with Crippen LogP contribution >= 0.6 is 27.7 Å². The lowest BCUT2D eigenvalue weighted by molar-refractivity contribution is -0.153. The Hall–Kier alpha value is -3.36. The van der Waals surface area contributed by atoms with Crippen LogP contribution in [0.2, 0.25) is 0 Å². The second kappa shape index (κ2) is 12.9. The maximum absolute atomic E-state index is 13.6. The summed E-state index contributed by atoms with van der Waals surface area (Å²) in [5, 5.41) is 1.83. The third-order valence-electron chi connectivity index (χ3n) is 7.29. The third kappa shape index (κ3) is 7.46. The molecule has 0 bridgehead atoms. The number of halogens is 2. The molecule has 8 heteroatoms. The Morgan fingerprint density at radius 1 is 0.977 bits per heavy atom. The first-order valence-corrected chi connectivity index (χ1v) is 16.4. The van der Waals surface area contributed by atoms with Crippen molar-refractivity contribution >= 4 is 55.5 Å². The molecule has 0 saturated carbocycles. The molecule has 0 aliphatic heterocycles. The number of hydrogen-bond acceptors (Lipinski definition) is 5. The van der Waals surface area contributed by atoms with Gasteiger partial charge in [-0.3, -0.25) is 4.79 Å². The van der Waals surface area contributed by atoms with Crippen molar-refractivity contribution in [3.05, 3.63) is 100 Å². The van der Waals surface area contributed by atoms with E-state index in [0.717, 1.165) is 53.9 Å². The normalized spacial score (nSPS) is 12.2. The number of pyridine rings is 1. The first kappa shape index (κ1) is 32.0. The van der Waals surface area contributed by atoms with E-state index in [0.29, 0.717) is 19.6 Å². The molecule has 0 fully saturated rings. The number of aromatic nitrogens is 2. The molecule has 3 aromatic carbocycles. The molecule has 0 spiro atoms. The maximum Gasteiger partial charge on any atom is 0.311 e. The Labute approximate surface area is 271 Å². The van der Waals surface area contributed by atoms with E-state index in [-0.39, 0.29) is 23.1 Å². The van der Waals surface area contributed by atoms with E-state index in [1.54, 1.807) is 17.8 Å². The van der Waals surface area contributed by atoms with Crippen LogP contribution in [0.15, 0.2) is 82.2 Å². The van der Waals surface area contributed by atoms with Crippen molar-refractivity contribution in [2.75, 3.05) is 6.61 Å². The van der Waals surface area contributed by atoms with Crippen molar-refractivity contribution in [2.24, 2.45) is 5.41 Å². The van der Waals surface area contributed by atoms with Crippen LogP contribution in [0.3, 0.4) is 0 Å². The second-order valence-corrected chi connectivity index (χ2v) is 15.3. The lowest BCUT2D eigenvalue weighted by atomic mass is 9.87. The van der Waals surface area contributed by atoms with Crippen LogP contribution in [0.25, 0.3) is 21.8 Å². The molecule has 2 heterocycles. The number of esters is 1. The van der Waals surface area contributed by atoms with Gasteiger partial charge in [-0.15, -0.1) is 11.8 Å². The minimum absolute atomic E-state index is 0.0785. The Balaban J connectivity index is 1.57. The Morgan fingerprint density at radius 2 is 1.73 bits per heavy atom. The fourth-order valence-corrected chi connectivity index (χ4v) is 6.64. The number of ether oxygens (including phenoxy) is 2. The highest BCUT2D eigenvalue weighted by Crippen LogP contribution is 2.44. The fourth-order valence-electron chi connectivity index (χ4n) is 5.19. The van der Waals surface area contributed by atoms with Crippen molar-refractivity contribution < 1.29 is 18.7 Å². The topological polar surface area (TPSA) is 53.4 Å². The minimum atomic E-state index is -0.723. The van der Waals surface area contributed by atoms with Gasteiger partial charge in [0.05, 0.1) is 23.2 Å². The summed E-state index contributed by atoms with van der Waals surface area (Å²) >= 11 is 5.36. The molecule has 230 valence electrons. The van der Waals surface area contributed by atoms with Gasteiger partial charge in [0, 0.05) is 49.1 Å². The van der Waals surface area contributed by atoms with Crippen LogP contribution < -0.4 is 4.74 Å². The van der Waals surface area contributed by atoms with Gasteiger partial charge in [0.2, 0.25) is 0 Å². The number of thioether (sulfide) groups is 1. The maximum atomic E-state index is 13.6. The van der Waals surface area contributed by atoms with Crippen LogP contribution in [0.5, 0.6) is 5.75 Å². The van der Waals surface area contributed by atoms with Crippen LogP contribution in [-0.2, 0) is 29.1 Å². The van der Waals surface area contributed by atoms with Gasteiger partial charge in [0.15, 0.2) is 0 Å². The number of fused-ring (bicyclic) bond motifs is 2. The molecule has 0 aliphatic carbocycles. The van der Waals surface area contributed by atoms with Crippen LogP contribution in [0.1, 0.15) is 58.5 Å². The van der Waals surface area contributed by atoms with E-state index >= 15 is 0 Å². The van der Waals surface area contributed by atoms with Crippen LogP contribution in [-0.4, -0.2) is 26.9 Å². The molecule has 0 unspecified atom stereocenters. The highest BCUT2D eigenvalue weighted by atomic mass is 79.9. The summed E-state index contributed by atoms with van der Waals surface area (Å²) in [6.45, 7) is 13.6. The zero-order valence-corrected chi connectivity index (χ0v) is 28.4. The van der Waals surface area contributed by atoms with Gasteiger partial charge < -0.3 is 14.0 Å². The van der Waals surface area contributed by atoms with Crippen LogP contribution in [0.4, 0.5) is 4.39 Å². The first-order valence-electron chi connectivity index (χ1n) is 14.8. The molecule has 5 rings (SSSR count). The Morgan fingerprint density at radius 3 is 2.43 bits per heavy atom. The van der Waals surface area contributed by atoms with E-state index in [1.807, 2.05) is 39.0 Å². The first-order chi connectivity index (χ1) is 20.8. The zero-order chi connectivity index (χ0) is 31.6. The molecule has 0 saturated heterocycles. The monoisotopic (exact) mass is 676 g/mol. The fraction of sp³-hybridized carbons (Fsp3) is 0.333. The summed E-state index contributed by atoms with van der Waals surface area (Å²) in [7, 11) is 0. The van der Waals surface area contributed by atoms with Gasteiger partial charge in [0.25, 0.3) is 0 Å². The van der Waals surface area contributed by atoms with E-state index < -0.39 is 5.41 Å². The van der Waals surface area contributed by atoms with Gasteiger partial charge >= 0.3 is 5.97 Å². The minimum Gasteiger partial charge on any atom is -0.487 e. The summed E-state index contributed by atoms with van der Waals surface area (Å²) in [4.78, 5) is 18.9. The highest BCUT2D eigenvalue weighted by Gasteiger charge is 2.34. The lowest BCUT2D eigenvalue weighted by Crippen LogP contribution is -2.30. The molecule has 0 aliphatic rings. The number of carbonyl (C=O) groups is 1. The van der Waals surface area contributed by atoms with E-state index in [1.165, 1.54) is 12.1 Å². The smallest absolute Gasteiger partial charge is 0.311 e. The predicted octanol–water partition coefficient (Wildman–Crippen LogP) is 9.74. The Kier molecular flexibility index (Phi) is 9.42. The van der Waals surface area contributed by atoms with Gasteiger partial charge in [0.1, 0.15) is 18.2 Å². The predicted molar refractivity (Wildman–Crippen MR) is 181 cm³/mol. The Bertz CT molecular complexity index is 1810. The van der Waals surface area contributed by atoms with Crippen molar-refractivity contribution in [3.63, 3.8) is 0 Å². The van der Waals surface area contributed by atoms with E-state index in [9.17, 15) is 9.18 Å². The van der Waals surface area contributed by atoms with Crippen molar-refractivity contribution in [2.45, 2.75) is 70.8 Å². The second-order valence-electron chi connectivity index (χ2n) is 12.6. The van der Waals surface area contributed by atoms with Gasteiger partial charge in [-0.2, -0.15) is 0 Å². The molecule has 2 aromatic heterocycles. The summed E-state index contributed by atoms with van der Waals surface area (Å²) in [5.41, 5.74) is 4.10. The van der Waals surface area contributed by atoms with Gasteiger partial charge in [-0.1, -0.05) is 54.9 Å². The van der Waals surface area contributed by atoms with Gasteiger partial charge in [-0.25, -0.2) is 9.37 Å². The molecule has 5 nitrogen and oxygen atoms in total. The van der Waals surface area contributed by atoms with E-state index in [2.05, 4.69) is 82.7 Å². The largest absolute Gasteiger partial charge is 0.487 e. The zero-order valence-electron chi connectivity index (χ0n) is 26.0. The van der Waals surface area contributed by atoms with Crippen molar-refractivity contribution in [1.29, 1.82) is 0 Å². The average Bonchev–Trinajstić information content (AvgIpc) is 3.22. The molecule has 44 heavy (non-hydrogen) atoms. The SMILES string of the molecule is CCOC(=O)C(C)(C)Cc1c(SC(C)(C)C)c2cc(OCc3ccc4cc(F)ccc4n3)ccc2n1Cc1ccc(Br)cc1. The van der Waals surface area contributed by atoms with Crippen LogP contribution in [0, 0.1) is 11.2 Å². The lowest BCUT2D eigenvalue weighted by Gasteiger charge is -2.26. The quantitative estimate of drug-likeness (QED) is 0.109. The van der Waals surface area contributed by atoms with Crippen molar-refractivity contribution in [1.82, 2.24) is 9.55 Å². The summed E-state index contributed by atoms with van der Waals surface area (Å²) in [6.07, 6.45) is 0.521. The number of rotatable bonds is 10. The summed E-state index contributed by atoms with van der Waals surface area (Å²) in [5.74, 6) is 0.241. The molecular weight excluding hydrogens is 639 g/mol. The molecular formula is C36H38BrFN2O3S. The molecule has 5 aromatic rings. The molecule has 0 atom stereocenters. The number of nitrogens with zero attached hydrogens (tertiary/aromatic N) is 2. The third-order valence-corrected chi connectivity index (χ3v) is 9.09. The number of carbonyl (C=O) groups excluding carboxylic acids is 1. The van der Waals surface area contributed by atoms with E-state index in [4.69, 9.17) is 9.47 Å². The van der Waals surface area contributed by atoms with Gasteiger partial charge in [-0.05, 0) is 80.9 Å². The number of benzene rings is 3. The molecule has 0 radical (unpaired) electrons. The van der Waals surface area contributed by atoms with Crippen molar-refractivity contribution in [3.8, 4) is 5.75 Å². The summed E-state index contributed by atoms with van der Waals surface area (Å²) in [6, 6.07) is 22.9. The highest BCUT2D eigenvalue weighted by molar-refractivity contribution is 9.10.